The molecule has 0 atom stereocenters. The van der Waals surface area contributed by atoms with Crippen LogP contribution in [0.1, 0.15) is 17.0 Å². The van der Waals surface area contributed by atoms with Gasteiger partial charge >= 0.3 is 0 Å². The van der Waals surface area contributed by atoms with Crippen molar-refractivity contribution in [2.24, 2.45) is 0 Å². The number of sulfonamides is 1. The van der Waals surface area contributed by atoms with Crippen molar-refractivity contribution < 1.29 is 12.9 Å². The Labute approximate surface area is 155 Å². The van der Waals surface area contributed by atoms with Gasteiger partial charge in [-0.3, -0.25) is 4.72 Å². The zero-order valence-electron chi connectivity index (χ0n) is 14.2. The molecule has 0 saturated carbocycles. The van der Waals surface area contributed by atoms with Gasteiger partial charge in [0.25, 0.3) is 10.0 Å². The molecule has 10 heteroatoms. The zero-order valence-corrected chi connectivity index (χ0v) is 15.8. The van der Waals surface area contributed by atoms with Crippen molar-refractivity contribution in [1.82, 2.24) is 15.4 Å². The summed E-state index contributed by atoms with van der Waals surface area (Å²) in [5.41, 5.74) is 1.94. The second-order valence-corrected chi connectivity index (χ2v) is 7.63. The van der Waals surface area contributed by atoms with Crippen LogP contribution in [0.5, 0.6) is 0 Å². The number of anilines is 3. The van der Waals surface area contributed by atoms with Crippen LogP contribution in [0.3, 0.4) is 0 Å². The standard InChI is InChI=1S/C16H16ClN5O3S/c1-9-12(17)5-4-6-13(9)18-14-7-8-15(20-19-14)22-26(23,24)16-10(2)21-25-11(16)3/h4-8H,1-3H3,(H,18,19)(H,20,22). The second kappa shape index (κ2) is 6.93. The second-order valence-electron chi connectivity index (χ2n) is 5.60. The lowest BCUT2D eigenvalue weighted by Crippen LogP contribution is -2.15. The summed E-state index contributed by atoms with van der Waals surface area (Å²) in [6.07, 6.45) is 0. The average Bonchev–Trinajstić information content (AvgIpc) is 2.93. The highest BCUT2D eigenvalue weighted by atomic mass is 35.5. The van der Waals surface area contributed by atoms with Crippen LogP contribution in [0.2, 0.25) is 5.02 Å². The Hall–Kier alpha value is -2.65. The Balaban J connectivity index is 1.79. The molecule has 3 rings (SSSR count). The molecule has 0 aliphatic heterocycles. The fourth-order valence-electron chi connectivity index (χ4n) is 2.38. The highest BCUT2D eigenvalue weighted by molar-refractivity contribution is 7.92. The minimum absolute atomic E-state index is 0.00365. The van der Waals surface area contributed by atoms with Crippen molar-refractivity contribution in [3.63, 3.8) is 0 Å². The molecule has 0 amide bonds. The van der Waals surface area contributed by atoms with E-state index >= 15 is 0 Å². The van der Waals surface area contributed by atoms with Crippen molar-refractivity contribution >= 4 is 38.9 Å². The minimum Gasteiger partial charge on any atom is -0.360 e. The summed E-state index contributed by atoms with van der Waals surface area (Å²) in [4.78, 5) is -0.00365. The predicted molar refractivity (Wildman–Crippen MR) is 98.3 cm³/mol. The molecular weight excluding hydrogens is 378 g/mol. The Bertz CT molecular complexity index is 1030. The molecule has 0 unspecified atom stereocenters. The van der Waals surface area contributed by atoms with E-state index in [0.717, 1.165) is 11.3 Å². The molecular formula is C16H16ClN5O3S. The Morgan fingerprint density at radius 3 is 2.35 bits per heavy atom. The number of hydrogen-bond donors (Lipinski definition) is 2. The normalized spacial score (nSPS) is 11.4. The van der Waals surface area contributed by atoms with E-state index in [1.54, 1.807) is 19.1 Å². The summed E-state index contributed by atoms with van der Waals surface area (Å²) >= 11 is 6.09. The molecule has 2 N–H and O–H groups in total. The van der Waals surface area contributed by atoms with Crippen LogP contribution in [0.4, 0.5) is 17.3 Å². The number of aromatic nitrogens is 3. The Kier molecular flexibility index (Phi) is 4.84. The molecule has 3 aromatic rings. The lowest BCUT2D eigenvalue weighted by Gasteiger charge is -2.10. The molecule has 0 bridgehead atoms. The van der Waals surface area contributed by atoms with Crippen LogP contribution in [0, 0.1) is 20.8 Å². The minimum atomic E-state index is -3.86. The van der Waals surface area contributed by atoms with Crippen LogP contribution in [0.25, 0.3) is 0 Å². The van der Waals surface area contributed by atoms with Crippen LogP contribution in [-0.4, -0.2) is 23.8 Å². The van der Waals surface area contributed by atoms with Gasteiger partial charge in [-0.15, -0.1) is 10.2 Å². The predicted octanol–water partition coefficient (Wildman–Crippen LogP) is 3.59. The van der Waals surface area contributed by atoms with Crippen molar-refractivity contribution in [2.45, 2.75) is 25.7 Å². The lowest BCUT2D eigenvalue weighted by atomic mass is 10.2. The molecule has 136 valence electrons. The van der Waals surface area contributed by atoms with Gasteiger partial charge in [-0.05, 0) is 50.6 Å². The molecule has 0 fully saturated rings. The van der Waals surface area contributed by atoms with Crippen LogP contribution >= 0.6 is 11.6 Å². The summed E-state index contributed by atoms with van der Waals surface area (Å²) < 4.78 is 32.2. The SMILES string of the molecule is Cc1noc(C)c1S(=O)(=O)Nc1ccc(Nc2cccc(Cl)c2C)nn1. The van der Waals surface area contributed by atoms with Crippen molar-refractivity contribution in [1.29, 1.82) is 0 Å². The molecule has 0 spiro atoms. The Morgan fingerprint density at radius 1 is 1.04 bits per heavy atom. The molecule has 0 radical (unpaired) electrons. The molecule has 8 nitrogen and oxygen atoms in total. The number of rotatable bonds is 5. The highest BCUT2D eigenvalue weighted by Gasteiger charge is 2.24. The van der Waals surface area contributed by atoms with Gasteiger partial charge in [-0.25, -0.2) is 8.42 Å². The van der Waals surface area contributed by atoms with Gasteiger partial charge in [-0.2, -0.15) is 0 Å². The molecule has 2 aromatic heterocycles. The van der Waals surface area contributed by atoms with E-state index in [0.29, 0.717) is 10.8 Å². The monoisotopic (exact) mass is 393 g/mol. The molecule has 0 saturated heterocycles. The van der Waals surface area contributed by atoms with Gasteiger partial charge in [0.05, 0.1) is 0 Å². The molecule has 2 heterocycles. The number of nitrogens with one attached hydrogen (secondary N) is 2. The van der Waals surface area contributed by atoms with E-state index in [1.807, 2.05) is 19.1 Å². The quantitative estimate of drug-likeness (QED) is 0.681. The summed E-state index contributed by atoms with van der Waals surface area (Å²) in [5, 5.41) is 15.2. The van der Waals surface area contributed by atoms with Crippen molar-refractivity contribution in [3.05, 3.63) is 52.4 Å². The third-order valence-corrected chi connectivity index (χ3v) is 5.68. The fraction of sp³-hybridized carbons (Fsp3) is 0.188. The number of aryl methyl sites for hydroxylation is 2. The lowest BCUT2D eigenvalue weighted by molar-refractivity contribution is 0.390. The summed E-state index contributed by atoms with van der Waals surface area (Å²) in [7, 11) is -3.86. The van der Waals surface area contributed by atoms with Crippen molar-refractivity contribution in [2.75, 3.05) is 10.0 Å². The largest absolute Gasteiger partial charge is 0.360 e. The van der Waals surface area contributed by atoms with Gasteiger partial charge in [-0.1, -0.05) is 22.8 Å². The van der Waals surface area contributed by atoms with E-state index in [-0.39, 0.29) is 22.2 Å². The first kappa shape index (κ1) is 18.2. The summed E-state index contributed by atoms with van der Waals surface area (Å²) in [6.45, 7) is 4.96. The third kappa shape index (κ3) is 3.63. The maximum Gasteiger partial charge on any atom is 0.268 e. The van der Waals surface area contributed by atoms with Gasteiger partial charge in [0.1, 0.15) is 5.69 Å². The summed E-state index contributed by atoms with van der Waals surface area (Å²) in [6, 6.07) is 8.58. The highest BCUT2D eigenvalue weighted by Crippen LogP contribution is 2.26. The van der Waals surface area contributed by atoms with E-state index in [4.69, 9.17) is 16.1 Å². The molecule has 0 aliphatic rings. The average molecular weight is 394 g/mol. The number of nitrogens with zero attached hydrogens (tertiary/aromatic N) is 3. The van der Waals surface area contributed by atoms with Gasteiger partial charge in [0.2, 0.25) is 0 Å². The topological polar surface area (TPSA) is 110 Å². The maximum atomic E-state index is 12.5. The maximum absolute atomic E-state index is 12.5. The molecule has 0 aliphatic carbocycles. The first-order valence-corrected chi connectivity index (χ1v) is 9.45. The molecule has 26 heavy (non-hydrogen) atoms. The van der Waals surface area contributed by atoms with Crippen LogP contribution < -0.4 is 10.0 Å². The van der Waals surface area contributed by atoms with Crippen LogP contribution in [-0.2, 0) is 10.0 Å². The first-order valence-electron chi connectivity index (χ1n) is 7.59. The van der Waals surface area contributed by atoms with E-state index in [9.17, 15) is 8.42 Å². The van der Waals surface area contributed by atoms with E-state index in [2.05, 4.69) is 25.4 Å². The van der Waals surface area contributed by atoms with Gasteiger partial charge in [0.15, 0.2) is 22.3 Å². The number of benzene rings is 1. The van der Waals surface area contributed by atoms with E-state index < -0.39 is 10.0 Å². The van der Waals surface area contributed by atoms with Gasteiger partial charge < -0.3 is 9.84 Å². The number of halogens is 1. The third-order valence-electron chi connectivity index (χ3n) is 3.67. The van der Waals surface area contributed by atoms with Crippen LogP contribution in [0.15, 0.2) is 39.8 Å². The Morgan fingerprint density at radius 2 is 1.73 bits per heavy atom. The smallest absolute Gasteiger partial charge is 0.268 e. The van der Waals surface area contributed by atoms with Gasteiger partial charge in [0, 0.05) is 10.7 Å². The zero-order chi connectivity index (χ0) is 18.9. The first-order chi connectivity index (χ1) is 12.3. The summed E-state index contributed by atoms with van der Waals surface area (Å²) in [5.74, 6) is 0.742. The fourth-order valence-corrected chi connectivity index (χ4v) is 3.88. The molecule has 1 aromatic carbocycles. The number of hydrogen-bond acceptors (Lipinski definition) is 7. The van der Waals surface area contributed by atoms with E-state index in [1.165, 1.54) is 13.0 Å². The van der Waals surface area contributed by atoms with Crippen molar-refractivity contribution in [3.8, 4) is 0 Å².